The zero-order valence-electron chi connectivity index (χ0n) is 15.9. The highest BCUT2D eigenvalue weighted by atomic mass is 32.2. The van der Waals surface area contributed by atoms with Gasteiger partial charge in [-0.05, 0) is 30.3 Å². The number of carbonyl (C=O) groups excluding carboxylic acids is 1. The van der Waals surface area contributed by atoms with Gasteiger partial charge in [0, 0.05) is 24.4 Å². The monoisotopic (exact) mass is 467 g/mol. The summed E-state index contributed by atoms with van der Waals surface area (Å²) in [4.78, 5) is 28.6. The Labute approximate surface area is 182 Å². The number of anilines is 1. The maximum absolute atomic E-state index is 12.4. The van der Waals surface area contributed by atoms with Crippen molar-refractivity contribution in [2.45, 2.75) is 29.9 Å². The number of hydrogen-bond acceptors (Lipinski definition) is 6. The van der Waals surface area contributed by atoms with Crippen molar-refractivity contribution in [2.24, 2.45) is 0 Å². The molecule has 1 N–H and O–H groups in total. The minimum Gasteiger partial charge on any atom is -0.408 e. The number of rotatable bonds is 7. The number of nitrogens with zero attached hydrogens (tertiary/aromatic N) is 2. The molecule has 4 rings (SSSR count). The van der Waals surface area contributed by atoms with Gasteiger partial charge in [-0.15, -0.1) is 11.3 Å². The van der Waals surface area contributed by atoms with Gasteiger partial charge in [-0.25, -0.2) is 9.78 Å². The fourth-order valence-electron chi connectivity index (χ4n) is 2.96. The highest BCUT2D eigenvalue weighted by Gasteiger charge is 2.26. The molecule has 0 saturated carbocycles. The van der Waals surface area contributed by atoms with Crippen LogP contribution in [0.4, 0.5) is 18.9 Å². The molecule has 0 spiro atoms. The highest BCUT2D eigenvalue weighted by molar-refractivity contribution is 8.01. The molecule has 2 aromatic heterocycles. The summed E-state index contributed by atoms with van der Waals surface area (Å²) >= 11 is 2.34. The number of carbonyl (C=O) groups is 1. The van der Waals surface area contributed by atoms with Gasteiger partial charge < -0.3 is 9.73 Å². The Morgan fingerprint density at radius 1 is 1.23 bits per heavy atom. The van der Waals surface area contributed by atoms with E-state index >= 15 is 0 Å². The van der Waals surface area contributed by atoms with E-state index in [1.165, 1.54) is 15.9 Å². The minimum atomic E-state index is -4.19. The molecular weight excluding hydrogens is 451 g/mol. The summed E-state index contributed by atoms with van der Waals surface area (Å²) in [5.41, 5.74) is 2.31. The van der Waals surface area contributed by atoms with Gasteiger partial charge in [0.15, 0.2) is 9.92 Å². The van der Waals surface area contributed by atoms with Crippen LogP contribution in [0.1, 0.15) is 12.8 Å². The first-order valence-electron chi connectivity index (χ1n) is 9.27. The Kier molecular flexibility index (Phi) is 6.05. The zero-order valence-corrected chi connectivity index (χ0v) is 17.6. The number of thioether (sulfide) groups is 1. The number of thiazole rings is 1. The Balaban J connectivity index is 1.38. The number of oxazole rings is 1. The summed E-state index contributed by atoms with van der Waals surface area (Å²) in [6, 6.07) is 12.1. The van der Waals surface area contributed by atoms with E-state index in [4.69, 9.17) is 4.42 Å². The topological polar surface area (TPSA) is 77.1 Å². The molecule has 162 valence electrons. The Bertz CT molecular complexity index is 1290. The van der Waals surface area contributed by atoms with Gasteiger partial charge in [-0.3, -0.25) is 9.36 Å². The van der Waals surface area contributed by atoms with Gasteiger partial charge in [0.25, 0.3) is 0 Å². The molecule has 0 radical (unpaired) electrons. The molecule has 0 saturated heterocycles. The largest absolute Gasteiger partial charge is 0.419 e. The second kappa shape index (κ2) is 8.75. The fraction of sp³-hybridized carbons (Fsp3) is 0.250. The number of amides is 1. The lowest BCUT2D eigenvalue weighted by molar-refractivity contribution is -0.129. The first-order chi connectivity index (χ1) is 14.8. The molecule has 0 fully saturated rings. The van der Waals surface area contributed by atoms with Crippen LogP contribution in [0.3, 0.4) is 0 Å². The number of aromatic nitrogens is 2. The summed E-state index contributed by atoms with van der Waals surface area (Å²) in [5.74, 6) is -0.883. The van der Waals surface area contributed by atoms with E-state index in [-0.39, 0.29) is 24.6 Å². The Morgan fingerprint density at radius 3 is 2.84 bits per heavy atom. The van der Waals surface area contributed by atoms with Crippen LogP contribution in [0.2, 0.25) is 0 Å². The van der Waals surface area contributed by atoms with E-state index in [0.717, 1.165) is 16.5 Å². The third-order valence-corrected chi connectivity index (χ3v) is 6.56. The van der Waals surface area contributed by atoms with E-state index in [9.17, 15) is 22.8 Å². The third-order valence-electron chi connectivity index (χ3n) is 4.40. The van der Waals surface area contributed by atoms with Crippen molar-refractivity contribution in [1.29, 1.82) is 0 Å². The molecule has 0 aliphatic carbocycles. The molecule has 31 heavy (non-hydrogen) atoms. The summed E-state index contributed by atoms with van der Waals surface area (Å²) in [5, 5.41) is 2.77. The Morgan fingerprint density at radius 2 is 2.03 bits per heavy atom. The van der Waals surface area contributed by atoms with Crippen LogP contribution in [0, 0.1) is 0 Å². The summed E-state index contributed by atoms with van der Waals surface area (Å²) < 4.78 is 44.8. The van der Waals surface area contributed by atoms with Crippen molar-refractivity contribution in [1.82, 2.24) is 9.55 Å². The number of nitrogens with one attached hydrogen (secondary N) is 1. The number of para-hydroxylation sites is 2. The summed E-state index contributed by atoms with van der Waals surface area (Å²) in [7, 11) is 0. The van der Waals surface area contributed by atoms with E-state index in [2.05, 4.69) is 10.3 Å². The SMILES string of the molecule is O=C(CCn1c(=O)oc2ccccc21)Nc1ccc2nc(SCCC(F)(F)F)sc2c1. The maximum Gasteiger partial charge on any atom is 0.419 e. The second-order valence-corrected chi connectivity index (χ2v) is 9.03. The van der Waals surface area contributed by atoms with E-state index in [1.54, 1.807) is 42.5 Å². The average Bonchev–Trinajstić information content (AvgIpc) is 3.24. The molecule has 4 aromatic rings. The quantitative estimate of drug-likeness (QED) is 0.375. The summed E-state index contributed by atoms with van der Waals surface area (Å²) in [6.07, 6.45) is -4.98. The number of benzene rings is 2. The lowest BCUT2D eigenvalue weighted by Crippen LogP contribution is -2.19. The number of alkyl halides is 3. The predicted molar refractivity (Wildman–Crippen MR) is 115 cm³/mol. The van der Waals surface area contributed by atoms with Gasteiger partial charge in [0.05, 0.1) is 22.2 Å². The first kappa shape index (κ1) is 21.4. The van der Waals surface area contributed by atoms with Crippen molar-refractivity contribution in [3.63, 3.8) is 0 Å². The fourth-order valence-corrected chi connectivity index (χ4v) is 5.12. The van der Waals surface area contributed by atoms with Gasteiger partial charge >= 0.3 is 11.9 Å². The third kappa shape index (κ3) is 5.28. The number of halogens is 3. The highest BCUT2D eigenvalue weighted by Crippen LogP contribution is 2.33. The van der Waals surface area contributed by atoms with Gasteiger partial charge in [0.2, 0.25) is 5.91 Å². The van der Waals surface area contributed by atoms with Crippen molar-refractivity contribution < 1.29 is 22.4 Å². The molecule has 1 amide bonds. The summed E-state index contributed by atoms with van der Waals surface area (Å²) in [6.45, 7) is 0.171. The molecule has 0 aliphatic heterocycles. The van der Waals surface area contributed by atoms with Crippen LogP contribution in [0.5, 0.6) is 0 Å². The first-order valence-corrected chi connectivity index (χ1v) is 11.1. The molecule has 0 aliphatic rings. The lowest BCUT2D eigenvalue weighted by atomic mass is 10.3. The standard InChI is InChI=1S/C20H16F3N3O3S2/c21-20(22,23)8-10-30-18-25-13-6-5-12(11-16(13)31-18)24-17(27)7-9-26-14-3-1-2-4-15(14)29-19(26)28/h1-6,11H,7-10H2,(H,24,27). The van der Waals surface area contributed by atoms with E-state index < -0.39 is 18.4 Å². The van der Waals surface area contributed by atoms with Crippen LogP contribution < -0.4 is 11.1 Å². The molecule has 2 aromatic carbocycles. The smallest absolute Gasteiger partial charge is 0.408 e. The second-order valence-electron chi connectivity index (χ2n) is 6.66. The lowest BCUT2D eigenvalue weighted by Gasteiger charge is -2.05. The van der Waals surface area contributed by atoms with Gasteiger partial charge in [-0.2, -0.15) is 13.2 Å². The molecule has 0 bridgehead atoms. The van der Waals surface area contributed by atoms with Crippen molar-refractivity contribution >= 4 is 56.0 Å². The maximum atomic E-state index is 12.4. The van der Waals surface area contributed by atoms with E-state index in [0.29, 0.717) is 26.6 Å². The van der Waals surface area contributed by atoms with Gasteiger partial charge in [-0.1, -0.05) is 23.9 Å². The molecule has 0 atom stereocenters. The molecule has 0 unspecified atom stereocenters. The molecule has 6 nitrogen and oxygen atoms in total. The van der Waals surface area contributed by atoms with Crippen molar-refractivity contribution in [3.8, 4) is 0 Å². The normalized spacial score (nSPS) is 12.0. The predicted octanol–water partition coefficient (Wildman–Crippen LogP) is 5.28. The van der Waals surface area contributed by atoms with Crippen molar-refractivity contribution in [3.05, 3.63) is 53.0 Å². The number of aryl methyl sites for hydroxylation is 1. The molecule has 11 heteroatoms. The molecular formula is C20H16F3N3O3S2. The van der Waals surface area contributed by atoms with Crippen LogP contribution in [-0.2, 0) is 11.3 Å². The number of hydrogen-bond donors (Lipinski definition) is 1. The van der Waals surface area contributed by atoms with Gasteiger partial charge in [0.1, 0.15) is 0 Å². The molecule has 2 heterocycles. The van der Waals surface area contributed by atoms with Crippen LogP contribution in [0.15, 0.2) is 56.0 Å². The van der Waals surface area contributed by atoms with Crippen LogP contribution in [0.25, 0.3) is 21.3 Å². The zero-order chi connectivity index (χ0) is 22.0. The Hall–Kier alpha value is -2.79. The van der Waals surface area contributed by atoms with Crippen LogP contribution in [-0.4, -0.2) is 27.4 Å². The van der Waals surface area contributed by atoms with Crippen LogP contribution >= 0.6 is 23.1 Å². The average molecular weight is 467 g/mol. The number of fused-ring (bicyclic) bond motifs is 2. The van der Waals surface area contributed by atoms with Crippen molar-refractivity contribution in [2.75, 3.05) is 11.1 Å². The minimum absolute atomic E-state index is 0.0721. The van der Waals surface area contributed by atoms with E-state index in [1.807, 2.05) is 0 Å².